The van der Waals surface area contributed by atoms with E-state index in [1.807, 2.05) is 18.2 Å². The van der Waals surface area contributed by atoms with Crippen molar-refractivity contribution in [2.75, 3.05) is 23.3 Å². The number of rotatable bonds is 5. The van der Waals surface area contributed by atoms with Crippen molar-refractivity contribution in [1.82, 2.24) is 9.97 Å². The number of piperidine rings is 1. The minimum atomic E-state index is -0.696. The molecule has 0 bridgehead atoms. The maximum Gasteiger partial charge on any atom is 0.306 e. The molecule has 1 saturated heterocycles. The van der Waals surface area contributed by atoms with Gasteiger partial charge in [0.25, 0.3) is 0 Å². The summed E-state index contributed by atoms with van der Waals surface area (Å²) in [5.74, 6) is 0.511. The quantitative estimate of drug-likeness (QED) is 0.879. The molecule has 1 aliphatic heterocycles. The molecule has 0 saturated carbocycles. The number of nitrogens with zero attached hydrogens (tertiary/aromatic N) is 3. The number of aryl methyl sites for hydroxylation is 1. The number of hydrogen-bond acceptors (Lipinski definition) is 5. The van der Waals surface area contributed by atoms with E-state index in [0.29, 0.717) is 38.4 Å². The summed E-state index contributed by atoms with van der Waals surface area (Å²) < 4.78 is 0. The molecule has 24 heavy (non-hydrogen) atoms. The molecule has 6 heteroatoms. The average Bonchev–Trinajstić information content (AvgIpc) is 2.61. The van der Waals surface area contributed by atoms with Crippen LogP contribution in [0, 0.1) is 12.8 Å². The molecule has 0 spiro atoms. The van der Waals surface area contributed by atoms with Crippen molar-refractivity contribution < 1.29 is 9.90 Å². The van der Waals surface area contributed by atoms with Gasteiger partial charge in [0.05, 0.1) is 5.92 Å². The predicted octanol–water partition coefficient (Wildman–Crippen LogP) is 2.70. The second-order valence-corrected chi connectivity index (χ2v) is 6.12. The van der Waals surface area contributed by atoms with Gasteiger partial charge in [0.1, 0.15) is 5.82 Å². The van der Waals surface area contributed by atoms with Crippen molar-refractivity contribution >= 4 is 17.7 Å². The third-order valence-electron chi connectivity index (χ3n) is 4.51. The Hall–Kier alpha value is -2.63. The Morgan fingerprint density at radius 2 is 2.04 bits per heavy atom. The van der Waals surface area contributed by atoms with Crippen molar-refractivity contribution in [3.8, 4) is 0 Å². The highest BCUT2D eigenvalue weighted by Gasteiger charge is 2.25. The summed E-state index contributed by atoms with van der Waals surface area (Å²) in [7, 11) is 0. The summed E-state index contributed by atoms with van der Waals surface area (Å²) in [6, 6.07) is 10.1. The molecule has 0 radical (unpaired) electrons. The average molecular weight is 326 g/mol. The van der Waals surface area contributed by atoms with Gasteiger partial charge >= 0.3 is 5.97 Å². The van der Waals surface area contributed by atoms with E-state index < -0.39 is 5.97 Å². The summed E-state index contributed by atoms with van der Waals surface area (Å²) in [5.41, 5.74) is 2.45. The second-order valence-electron chi connectivity index (χ2n) is 6.12. The van der Waals surface area contributed by atoms with Gasteiger partial charge in [-0.25, -0.2) is 4.98 Å². The van der Waals surface area contributed by atoms with E-state index in [2.05, 4.69) is 39.2 Å². The third kappa shape index (κ3) is 3.82. The Kier molecular flexibility index (Phi) is 4.93. The van der Waals surface area contributed by atoms with E-state index in [-0.39, 0.29) is 5.92 Å². The highest BCUT2D eigenvalue weighted by atomic mass is 16.4. The molecule has 6 nitrogen and oxygen atoms in total. The first-order chi connectivity index (χ1) is 11.6. The molecule has 0 amide bonds. The predicted molar refractivity (Wildman–Crippen MR) is 93.1 cm³/mol. The van der Waals surface area contributed by atoms with E-state index in [1.165, 1.54) is 11.1 Å². The molecular weight excluding hydrogens is 304 g/mol. The van der Waals surface area contributed by atoms with Gasteiger partial charge in [0.2, 0.25) is 5.95 Å². The first kappa shape index (κ1) is 16.2. The fourth-order valence-corrected chi connectivity index (χ4v) is 2.95. The Labute approximate surface area is 141 Å². The standard InChI is InChI=1S/C18H22N4O2/c1-13-4-2-3-5-15(13)12-20-18-19-9-6-16(21-18)22-10-7-14(8-11-22)17(23)24/h2-6,9,14H,7-8,10-12H2,1H3,(H,23,24)(H,19,20,21). The van der Waals surface area contributed by atoms with Crippen LogP contribution in [0.2, 0.25) is 0 Å². The maximum atomic E-state index is 11.0. The minimum Gasteiger partial charge on any atom is -0.481 e. The summed E-state index contributed by atoms with van der Waals surface area (Å²) in [6.45, 7) is 4.19. The zero-order chi connectivity index (χ0) is 16.9. The molecule has 2 aromatic rings. The summed E-state index contributed by atoms with van der Waals surface area (Å²) >= 11 is 0. The first-order valence-electron chi connectivity index (χ1n) is 8.22. The summed E-state index contributed by atoms with van der Waals surface area (Å²) in [5, 5.41) is 12.4. The van der Waals surface area contributed by atoms with Gasteiger partial charge < -0.3 is 15.3 Å². The molecule has 0 atom stereocenters. The highest BCUT2D eigenvalue weighted by molar-refractivity contribution is 5.70. The van der Waals surface area contributed by atoms with Crippen molar-refractivity contribution in [3.63, 3.8) is 0 Å². The number of carbonyl (C=O) groups is 1. The molecule has 2 N–H and O–H groups in total. The molecule has 1 fully saturated rings. The lowest BCUT2D eigenvalue weighted by Crippen LogP contribution is -2.36. The van der Waals surface area contributed by atoms with Crippen LogP contribution < -0.4 is 10.2 Å². The van der Waals surface area contributed by atoms with Crippen LogP contribution >= 0.6 is 0 Å². The molecular formula is C18H22N4O2. The Balaban J connectivity index is 1.62. The molecule has 126 valence electrons. The normalized spacial score (nSPS) is 15.3. The van der Waals surface area contributed by atoms with Gasteiger partial charge in [-0.3, -0.25) is 4.79 Å². The lowest BCUT2D eigenvalue weighted by molar-refractivity contribution is -0.142. The van der Waals surface area contributed by atoms with Gasteiger partial charge in [0.15, 0.2) is 0 Å². The van der Waals surface area contributed by atoms with Gasteiger partial charge in [-0.2, -0.15) is 4.98 Å². The number of carboxylic acid groups (broad SMARTS) is 1. The number of benzene rings is 1. The van der Waals surface area contributed by atoms with Crippen molar-refractivity contribution in [3.05, 3.63) is 47.7 Å². The van der Waals surface area contributed by atoms with Crippen LogP contribution in [0.4, 0.5) is 11.8 Å². The van der Waals surface area contributed by atoms with Crippen molar-refractivity contribution in [2.45, 2.75) is 26.3 Å². The van der Waals surface area contributed by atoms with E-state index in [0.717, 1.165) is 5.82 Å². The third-order valence-corrected chi connectivity index (χ3v) is 4.51. The molecule has 0 unspecified atom stereocenters. The van der Waals surface area contributed by atoms with E-state index in [1.54, 1.807) is 6.20 Å². The molecule has 1 aromatic heterocycles. The zero-order valence-electron chi connectivity index (χ0n) is 13.8. The summed E-state index contributed by atoms with van der Waals surface area (Å²) in [6.07, 6.45) is 3.06. The Bertz CT molecular complexity index is 712. The number of hydrogen-bond donors (Lipinski definition) is 2. The molecule has 1 aromatic carbocycles. The SMILES string of the molecule is Cc1ccccc1CNc1nccc(N2CCC(C(=O)O)CC2)n1. The smallest absolute Gasteiger partial charge is 0.306 e. The fourth-order valence-electron chi connectivity index (χ4n) is 2.95. The Morgan fingerprint density at radius 1 is 1.29 bits per heavy atom. The van der Waals surface area contributed by atoms with Gasteiger partial charge in [-0.05, 0) is 37.0 Å². The van der Waals surface area contributed by atoms with Crippen LogP contribution in [0.5, 0.6) is 0 Å². The van der Waals surface area contributed by atoms with Crippen LogP contribution in [-0.4, -0.2) is 34.1 Å². The molecule has 3 rings (SSSR count). The number of aliphatic carboxylic acids is 1. The zero-order valence-corrected chi connectivity index (χ0v) is 13.8. The van der Waals surface area contributed by atoms with Gasteiger partial charge in [-0.15, -0.1) is 0 Å². The number of anilines is 2. The van der Waals surface area contributed by atoms with Crippen LogP contribution in [0.1, 0.15) is 24.0 Å². The van der Waals surface area contributed by atoms with Crippen LogP contribution in [0.25, 0.3) is 0 Å². The molecule has 2 heterocycles. The van der Waals surface area contributed by atoms with E-state index in [4.69, 9.17) is 5.11 Å². The monoisotopic (exact) mass is 326 g/mol. The highest BCUT2D eigenvalue weighted by Crippen LogP contribution is 2.22. The van der Waals surface area contributed by atoms with Crippen molar-refractivity contribution in [1.29, 1.82) is 0 Å². The molecule has 1 aliphatic rings. The van der Waals surface area contributed by atoms with E-state index in [9.17, 15) is 4.79 Å². The van der Waals surface area contributed by atoms with Crippen LogP contribution in [0.3, 0.4) is 0 Å². The Morgan fingerprint density at radius 3 is 2.75 bits per heavy atom. The van der Waals surface area contributed by atoms with Crippen molar-refractivity contribution in [2.24, 2.45) is 5.92 Å². The topological polar surface area (TPSA) is 78.4 Å². The van der Waals surface area contributed by atoms with Gasteiger partial charge in [0, 0.05) is 25.8 Å². The fraction of sp³-hybridized carbons (Fsp3) is 0.389. The lowest BCUT2D eigenvalue weighted by atomic mass is 9.97. The van der Waals surface area contributed by atoms with Gasteiger partial charge in [-0.1, -0.05) is 24.3 Å². The number of nitrogens with one attached hydrogen (secondary N) is 1. The number of carboxylic acids is 1. The van der Waals surface area contributed by atoms with Crippen LogP contribution in [-0.2, 0) is 11.3 Å². The maximum absolute atomic E-state index is 11.0. The molecule has 0 aliphatic carbocycles. The number of aromatic nitrogens is 2. The lowest BCUT2D eigenvalue weighted by Gasteiger charge is -2.31. The summed E-state index contributed by atoms with van der Waals surface area (Å²) in [4.78, 5) is 22.0. The largest absolute Gasteiger partial charge is 0.481 e. The second kappa shape index (κ2) is 7.29. The first-order valence-corrected chi connectivity index (χ1v) is 8.22. The minimum absolute atomic E-state index is 0.235. The van der Waals surface area contributed by atoms with E-state index >= 15 is 0 Å². The van der Waals surface area contributed by atoms with Crippen LogP contribution in [0.15, 0.2) is 36.5 Å².